The van der Waals surface area contributed by atoms with Gasteiger partial charge in [0, 0.05) is 18.1 Å². The van der Waals surface area contributed by atoms with E-state index in [4.69, 9.17) is 11.6 Å². The van der Waals surface area contributed by atoms with Crippen molar-refractivity contribution in [3.63, 3.8) is 0 Å². The van der Waals surface area contributed by atoms with Gasteiger partial charge in [0.1, 0.15) is 6.04 Å². The minimum absolute atomic E-state index is 0.00877. The van der Waals surface area contributed by atoms with Crippen molar-refractivity contribution in [3.05, 3.63) is 34.9 Å². The van der Waals surface area contributed by atoms with Gasteiger partial charge in [-0.1, -0.05) is 30.7 Å². The Bertz CT molecular complexity index is 518. The lowest BCUT2D eigenvalue weighted by Gasteiger charge is -2.38. The Hall–Kier alpha value is -1.55. The van der Waals surface area contributed by atoms with E-state index < -0.39 is 6.04 Å². The molecule has 108 valence electrons. The Kier molecular flexibility index (Phi) is 4.65. The maximum Gasteiger partial charge on any atom is 0.245 e. The summed E-state index contributed by atoms with van der Waals surface area (Å²) in [4.78, 5) is 27.7. The topological polar surface area (TPSA) is 40.6 Å². The van der Waals surface area contributed by atoms with Crippen LogP contribution >= 0.6 is 11.6 Å². The first-order chi connectivity index (χ1) is 9.52. The van der Waals surface area contributed by atoms with Crippen molar-refractivity contribution < 1.29 is 9.59 Å². The van der Waals surface area contributed by atoms with Crippen molar-refractivity contribution in [1.82, 2.24) is 9.80 Å². The van der Waals surface area contributed by atoms with Crippen LogP contribution in [-0.2, 0) is 16.1 Å². The smallest absolute Gasteiger partial charge is 0.245 e. The summed E-state index contributed by atoms with van der Waals surface area (Å²) in [6, 6.07) is 6.96. The predicted molar refractivity (Wildman–Crippen MR) is 78.3 cm³/mol. The molecule has 1 aromatic carbocycles. The lowest BCUT2D eigenvalue weighted by Crippen LogP contribution is -2.58. The van der Waals surface area contributed by atoms with Gasteiger partial charge in [-0.25, -0.2) is 0 Å². The van der Waals surface area contributed by atoms with Crippen molar-refractivity contribution in [2.45, 2.75) is 32.9 Å². The van der Waals surface area contributed by atoms with E-state index in [1.54, 1.807) is 22.8 Å². The zero-order valence-corrected chi connectivity index (χ0v) is 12.6. The molecule has 1 aliphatic rings. The Morgan fingerprint density at radius 3 is 2.75 bits per heavy atom. The van der Waals surface area contributed by atoms with Gasteiger partial charge >= 0.3 is 0 Å². The quantitative estimate of drug-likeness (QED) is 0.855. The summed E-state index contributed by atoms with van der Waals surface area (Å²) in [5.74, 6) is 0.0130. The van der Waals surface area contributed by atoms with E-state index in [0.29, 0.717) is 18.1 Å². The summed E-state index contributed by atoms with van der Waals surface area (Å²) in [7, 11) is 0. The Morgan fingerprint density at radius 2 is 2.10 bits per heavy atom. The summed E-state index contributed by atoms with van der Waals surface area (Å²) in [5.41, 5.74) is 0.939. The number of benzene rings is 1. The Labute approximate surface area is 124 Å². The van der Waals surface area contributed by atoms with Crippen LogP contribution in [0.4, 0.5) is 0 Å². The van der Waals surface area contributed by atoms with Gasteiger partial charge in [0.15, 0.2) is 0 Å². The fourth-order valence-electron chi connectivity index (χ4n) is 2.46. The summed E-state index contributed by atoms with van der Waals surface area (Å²) in [6.45, 7) is 5.02. The molecule has 1 atom stereocenters. The molecular weight excluding hydrogens is 276 g/mol. The molecule has 0 radical (unpaired) electrons. The highest BCUT2D eigenvalue weighted by atomic mass is 35.5. The van der Waals surface area contributed by atoms with Gasteiger partial charge in [0.25, 0.3) is 0 Å². The molecule has 0 aliphatic carbocycles. The molecule has 1 heterocycles. The monoisotopic (exact) mass is 294 g/mol. The minimum atomic E-state index is -0.415. The second kappa shape index (κ2) is 6.27. The van der Waals surface area contributed by atoms with Crippen molar-refractivity contribution >= 4 is 23.4 Å². The lowest BCUT2D eigenvalue weighted by molar-refractivity contribution is -0.155. The van der Waals surface area contributed by atoms with E-state index in [0.717, 1.165) is 12.0 Å². The van der Waals surface area contributed by atoms with Crippen LogP contribution in [0.5, 0.6) is 0 Å². The highest BCUT2D eigenvalue weighted by Gasteiger charge is 2.35. The van der Waals surface area contributed by atoms with Crippen LogP contribution in [0.15, 0.2) is 24.3 Å². The minimum Gasteiger partial charge on any atom is -0.332 e. The summed E-state index contributed by atoms with van der Waals surface area (Å²) < 4.78 is 0. The van der Waals surface area contributed by atoms with Crippen molar-refractivity contribution in [2.24, 2.45) is 0 Å². The summed E-state index contributed by atoms with van der Waals surface area (Å²) >= 11 is 5.95. The first-order valence-electron chi connectivity index (χ1n) is 6.85. The van der Waals surface area contributed by atoms with Crippen molar-refractivity contribution in [3.8, 4) is 0 Å². The fraction of sp³-hybridized carbons (Fsp3) is 0.467. The van der Waals surface area contributed by atoms with E-state index in [1.807, 2.05) is 25.1 Å². The van der Waals surface area contributed by atoms with Crippen LogP contribution in [0, 0.1) is 0 Å². The van der Waals surface area contributed by atoms with E-state index >= 15 is 0 Å². The summed E-state index contributed by atoms with van der Waals surface area (Å²) in [5, 5.41) is 0.638. The fourth-order valence-corrected chi connectivity index (χ4v) is 2.67. The van der Waals surface area contributed by atoms with Gasteiger partial charge in [0.2, 0.25) is 11.8 Å². The maximum atomic E-state index is 12.2. The van der Waals surface area contributed by atoms with Crippen molar-refractivity contribution in [2.75, 3.05) is 13.1 Å². The molecule has 20 heavy (non-hydrogen) atoms. The SMILES string of the molecule is CCCN1CC(=O)N(Cc2cccc(Cl)c2)[C@@H](C)C1=O. The van der Waals surface area contributed by atoms with E-state index in [9.17, 15) is 9.59 Å². The number of amides is 2. The standard InChI is InChI=1S/C15H19ClN2O2/c1-3-7-17-10-14(19)18(11(2)15(17)20)9-12-5-4-6-13(16)8-12/h4-6,8,11H,3,7,9-10H2,1-2H3/t11-/m0/s1. The largest absolute Gasteiger partial charge is 0.332 e. The molecule has 4 nitrogen and oxygen atoms in total. The lowest BCUT2D eigenvalue weighted by atomic mass is 10.1. The number of rotatable bonds is 4. The van der Waals surface area contributed by atoms with E-state index in [2.05, 4.69) is 0 Å². The summed E-state index contributed by atoms with van der Waals surface area (Å²) in [6.07, 6.45) is 0.861. The number of piperazine rings is 1. The predicted octanol–water partition coefficient (Wildman–Crippen LogP) is 2.31. The van der Waals surface area contributed by atoms with Crippen LogP contribution in [-0.4, -0.2) is 40.7 Å². The zero-order chi connectivity index (χ0) is 14.7. The molecule has 5 heteroatoms. The first kappa shape index (κ1) is 14.9. The normalized spacial score (nSPS) is 19.6. The number of hydrogen-bond donors (Lipinski definition) is 0. The molecule has 2 amide bonds. The van der Waals surface area contributed by atoms with Gasteiger partial charge in [0.05, 0.1) is 6.54 Å². The van der Waals surface area contributed by atoms with E-state index in [1.165, 1.54) is 0 Å². The van der Waals surface area contributed by atoms with E-state index in [-0.39, 0.29) is 18.4 Å². The number of hydrogen-bond acceptors (Lipinski definition) is 2. The van der Waals surface area contributed by atoms with Crippen LogP contribution in [0.1, 0.15) is 25.8 Å². The van der Waals surface area contributed by atoms with Gasteiger partial charge in [-0.15, -0.1) is 0 Å². The molecule has 0 spiro atoms. The van der Waals surface area contributed by atoms with Crippen LogP contribution in [0.2, 0.25) is 5.02 Å². The molecular formula is C15H19ClN2O2. The third kappa shape index (κ3) is 3.12. The number of nitrogens with zero attached hydrogens (tertiary/aromatic N) is 2. The molecule has 1 aromatic rings. The number of halogens is 1. The molecule has 0 unspecified atom stereocenters. The van der Waals surface area contributed by atoms with Crippen LogP contribution < -0.4 is 0 Å². The first-order valence-corrected chi connectivity index (χ1v) is 7.23. The van der Waals surface area contributed by atoms with Gasteiger partial charge < -0.3 is 9.80 Å². The highest BCUT2D eigenvalue weighted by Crippen LogP contribution is 2.18. The Morgan fingerprint density at radius 1 is 1.35 bits per heavy atom. The third-order valence-electron chi connectivity index (χ3n) is 3.52. The number of carbonyl (C=O) groups excluding carboxylic acids is 2. The zero-order valence-electron chi connectivity index (χ0n) is 11.8. The average molecular weight is 295 g/mol. The molecule has 0 aromatic heterocycles. The second-order valence-electron chi connectivity index (χ2n) is 5.09. The van der Waals surface area contributed by atoms with Gasteiger partial charge in [-0.3, -0.25) is 9.59 Å². The highest BCUT2D eigenvalue weighted by molar-refractivity contribution is 6.30. The maximum absolute atomic E-state index is 12.2. The van der Waals surface area contributed by atoms with Crippen LogP contribution in [0.25, 0.3) is 0 Å². The third-order valence-corrected chi connectivity index (χ3v) is 3.75. The molecule has 0 saturated carbocycles. The Balaban J connectivity index is 2.12. The van der Waals surface area contributed by atoms with Gasteiger partial charge in [-0.05, 0) is 31.0 Å². The second-order valence-corrected chi connectivity index (χ2v) is 5.52. The molecule has 1 aliphatic heterocycles. The van der Waals surface area contributed by atoms with Gasteiger partial charge in [-0.2, -0.15) is 0 Å². The molecule has 0 N–H and O–H groups in total. The molecule has 2 rings (SSSR count). The molecule has 1 saturated heterocycles. The van der Waals surface area contributed by atoms with Crippen molar-refractivity contribution in [1.29, 1.82) is 0 Å². The average Bonchev–Trinajstić information content (AvgIpc) is 2.41. The number of carbonyl (C=O) groups is 2. The van der Waals surface area contributed by atoms with Crippen LogP contribution in [0.3, 0.4) is 0 Å². The molecule has 0 bridgehead atoms. The molecule has 1 fully saturated rings.